The van der Waals surface area contributed by atoms with E-state index in [9.17, 15) is 0 Å². The van der Waals surface area contributed by atoms with E-state index in [4.69, 9.17) is 0 Å². The summed E-state index contributed by atoms with van der Waals surface area (Å²) < 4.78 is 1.89. The van der Waals surface area contributed by atoms with Gasteiger partial charge in [0, 0.05) is 43.4 Å². The Hall–Kier alpha value is -3.03. The fraction of sp³-hybridized carbons (Fsp3) is 0.500. The summed E-state index contributed by atoms with van der Waals surface area (Å²) in [4.78, 5) is 13.9. The summed E-state index contributed by atoms with van der Waals surface area (Å²) >= 11 is 0. The second-order valence-corrected chi connectivity index (χ2v) is 8.97. The van der Waals surface area contributed by atoms with Gasteiger partial charge in [0.2, 0.25) is 0 Å². The summed E-state index contributed by atoms with van der Waals surface area (Å²) in [5.74, 6) is 3.44. The predicted octanol–water partition coefficient (Wildman–Crippen LogP) is 3.00. The average Bonchev–Trinajstić information content (AvgIpc) is 3.05. The van der Waals surface area contributed by atoms with Crippen LogP contribution in [0, 0.1) is 20.8 Å². The normalized spacial score (nSPS) is 15.0. The molecule has 1 fully saturated rings. The van der Waals surface area contributed by atoms with Crippen LogP contribution in [0.15, 0.2) is 24.3 Å². The van der Waals surface area contributed by atoms with E-state index in [1.165, 1.54) is 0 Å². The molecule has 0 spiro atoms. The van der Waals surface area contributed by atoms with Gasteiger partial charge in [0.25, 0.3) is 0 Å². The SMILES string of the molecule is Cc1cc(C)n(-c2cc(N3CCN(c4ccc(C(C)(C)C)nn4)CC3)nc(C)n2)n1. The quantitative estimate of drug-likeness (QED) is 0.662. The van der Waals surface area contributed by atoms with E-state index >= 15 is 0 Å². The number of piperazine rings is 1. The van der Waals surface area contributed by atoms with Crippen LogP contribution in [0.1, 0.15) is 43.7 Å². The van der Waals surface area contributed by atoms with Crippen LogP contribution in [0.4, 0.5) is 11.6 Å². The van der Waals surface area contributed by atoms with Gasteiger partial charge in [-0.15, -0.1) is 5.10 Å². The molecule has 0 radical (unpaired) electrons. The molecule has 0 amide bonds. The lowest BCUT2D eigenvalue weighted by molar-refractivity contribution is 0.556. The van der Waals surface area contributed by atoms with Crippen molar-refractivity contribution in [2.45, 2.75) is 47.0 Å². The highest BCUT2D eigenvalue weighted by molar-refractivity contribution is 5.48. The minimum Gasteiger partial charge on any atom is -0.353 e. The van der Waals surface area contributed by atoms with Gasteiger partial charge in [-0.3, -0.25) is 0 Å². The first-order valence-electron chi connectivity index (χ1n) is 10.4. The third kappa shape index (κ3) is 4.13. The maximum atomic E-state index is 4.68. The molecular formula is C22H30N8. The lowest BCUT2D eigenvalue weighted by Crippen LogP contribution is -2.47. The molecular weight excluding hydrogens is 376 g/mol. The van der Waals surface area contributed by atoms with E-state index in [-0.39, 0.29) is 5.41 Å². The Morgan fingerprint density at radius 2 is 1.40 bits per heavy atom. The molecule has 30 heavy (non-hydrogen) atoms. The lowest BCUT2D eigenvalue weighted by Gasteiger charge is -2.36. The molecule has 0 unspecified atom stereocenters. The van der Waals surface area contributed by atoms with E-state index in [2.05, 4.69) is 74.0 Å². The van der Waals surface area contributed by atoms with Crippen LogP contribution in [0.3, 0.4) is 0 Å². The van der Waals surface area contributed by atoms with Gasteiger partial charge in [0.05, 0.1) is 11.4 Å². The highest BCUT2D eigenvalue weighted by Gasteiger charge is 2.22. The molecule has 1 aliphatic rings. The average molecular weight is 407 g/mol. The number of hydrogen-bond acceptors (Lipinski definition) is 7. The molecule has 0 saturated carbocycles. The summed E-state index contributed by atoms with van der Waals surface area (Å²) in [6.07, 6.45) is 0. The van der Waals surface area contributed by atoms with Crippen LogP contribution < -0.4 is 9.80 Å². The minimum absolute atomic E-state index is 0.0122. The molecule has 158 valence electrons. The molecule has 8 heteroatoms. The molecule has 3 aromatic rings. The number of rotatable bonds is 3. The Balaban J connectivity index is 1.48. The molecule has 0 atom stereocenters. The molecule has 4 heterocycles. The van der Waals surface area contributed by atoms with Crippen LogP contribution in [-0.4, -0.2) is 56.1 Å². The lowest BCUT2D eigenvalue weighted by atomic mass is 9.92. The van der Waals surface area contributed by atoms with Crippen LogP contribution in [0.5, 0.6) is 0 Å². The van der Waals surface area contributed by atoms with Gasteiger partial charge in [-0.25, -0.2) is 14.6 Å². The first-order chi connectivity index (χ1) is 14.2. The van der Waals surface area contributed by atoms with Crippen LogP contribution in [-0.2, 0) is 5.41 Å². The predicted molar refractivity (Wildman–Crippen MR) is 119 cm³/mol. The number of anilines is 2. The second kappa shape index (κ2) is 7.66. The summed E-state index contributed by atoms with van der Waals surface area (Å²) in [6, 6.07) is 8.25. The third-order valence-electron chi connectivity index (χ3n) is 5.38. The smallest absolute Gasteiger partial charge is 0.159 e. The van der Waals surface area contributed by atoms with E-state index in [1.807, 2.05) is 31.5 Å². The van der Waals surface area contributed by atoms with Crippen molar-refractivity contribution in [2.24, 2.45) is 0 Å². The maximum absolute atomic E-state index is 4.68. The minimum atomic E-state index is 0.0122. The van der Waals surface area contributed by atoms with Crippen LogP contribution in [0.25, 0.3) is 5.82 Å². The summed E-state index contributed by atoms with van der Waals surface area (Å²) in [5.41, 5.74) is 3.08. The third-order valence-corrected chi connectivity index (χ3v) is 5.38. The molecule has 3 aromatic heterocycles. The molecule has 0 N–H and O–H groups in total. The van der Waals surface area contributed by atoms with Crippen molar-refractivity contribution in [3.8, 4) is 5.82 Å². The van der Waals surface area contributed by atoms with Gasteiger partial charge in [-0.2, -0.15) is 10.2 Å². The Bertz CT molecular complexity index is 1020. The van der Waals surface area contributed by atoms with Crippen molar-refractivity contribution in [1.29, 1.82) is 0 Å². The number of aromatic nitrogens is 6. The molecule has 0 aliphatic carbocycles. The van der Waals surface area contributed by atoms with Gasteiger partial charge in [-0.05, 0) is 39.0 Å². The highest BCUT2D eigenvalue weighted by Crippen LogP contribution is 2.23. The zero-order chi connectivity index (χ0) is 21.5. The van der Waals surface area contributed by atoms with Gasteiger partial charge < -0.3 is 9.80 Å². The first-order valence-corrected chi connectivity index (χ1v) is 10.4. The van der Waals surface area contributed by atoms with Crippen molar-refractivity contribution in [2.75, 3.05) is 36.0 Å². The Morgan fingerprint density at radius 1 is 0.767 bits per heavy atom. The zero-order valence-electron chi connectivity index (χ0n) is 18.7. The Labute approximate surface area is 178 Å². The van der Waals surface area contributed by atoms with Crippen LogP contribution in [0.2, 0.25) is 0 Å². The van der Waals surface area contributed by atoms with Crippen molar-refractivity contribution >= 4 is 11.6 Å². The fourth-order valence-electron chi connectivity index (χ4n) is 3.73. The summed E-state index contributed by atoms with van der Waals surface area (Å²) in [5, 5.41) is 13.5. The molecule has 8 nitrogen and oxygen atoms in total. The monoisotopic (exact) mass is 406 g/mol. The zero-order valence-corrected chi connectivity index (χ0v) is 18.7. The van der Waals surface area contributed by atoms with Crippen molar-refractivity contribution in [3.05, 3.63) is 47.2 Å². The van der Waals surface area contributed by atoms with Gasteiger partial charge in [0.1, 0.15) is 11.6 Å². The highest BCUT2D eigenvalue weighted by atomic mass is 15.3. The second-order valence-electron chi connectivity index (χ2n) is 8.97. The first kappa shape index (κ1) is 20.3. The van der Waals surface area contributed by atoms with Gasteiger partial charge in [-0.1, -0.05) is 20.8 Å². The maximum Gasteiger partial charge on any atom is 0.159 e. The molecule has 1 aliphatic heterocycles. The summed E-state index contributed by atoms with van der Waals surface area (Å²) in [7, 11) is 0. The van der Waals surface area contributed by atoms with E-state index in [0.717, 1.165) is 66.5 Å². The molecule has 4 rings (SSSR count). The van der Waals surface area contributed by atoms with Crippen molar-refractivity contribution in [3.63, 3.8) is 0 Å². The fourth-order valence-corrected chi connectivity index (χ4v) is 3.73. The molecule has 0 aromatic carbocycles. The van der Waals surface area contributed by atoms with E-state index in [1.54, 1.807) is 0 Å². The van der Waals surface area contributed by atoms with Gasteiger partial charge >= 0.3 is 0 Å². The number of aryl methyl sites for hydroxylation is 3. The number of hydrogen-bond donors (Lipinski definition) is 0. The Kier molecular flexibility index (Phi) is 5.17. The van der Waals surface area contributed by atoms with Crippen molar-refractivity contribution in [1.82, 2.24) is 29.9 Å². The van der Waals surface area contributed by atoms with Gasteiger partial charge in [0.15, 0.2) is 11.6 Å². The topological polar surface area (TPSA) is 75.9 Å². The molecule has 0 bridgehead atoms. The molecule has 1 saturated heterocycles. The van der Waals surface area contributed by atoms with Crippen molar-refractivity contribution < 1.29 is 0 Å². The van der Waals surface area contributed by atoms with Crippen LogP contribution >= 0.6 is 0 Å². The van der Waals surface area contributed by atoms with E-state index in [0.29, 0.717) is 0 Å². The standard InChI is InChI=1S/C22H30N8/c1-15-13-16(2)30(27-15)21-14-20(23-17(3)24-21)29-11-9-28(10-12-29)19-8-7-18(25-26-19)22(4,5)6/h7-8,13-14H,9-12H2,1-6H3. The Morgan fingerprint density at radius 3 is 1.93 bits per heavy atom. The number of nitrogens with zero attached hydrogens (tertiary/aromatic N) is 8. The summed E-state index contributed by atoms with van der Waals surface area (Å²) in [6.45, 7) is 15.9. The largest absolute Gasteiger partial charge is 0.353 e. The van der Waals surface area contributed by atoms with E-state index < -0.39 is 0 Å².